The zero-order valence-electron chi connectivity index (χ0n) is 12.6. The van der Waals surface area contributed by atoms with Crippen LogP contribution >= 0.6 is 0 Å². The standard InChI is InChI=1S/C16H19N3O4/c17-14(8-11-4-2-1-3-5-11)16(22)18-10-13-9-12(19-23-13)6-7-15(20)21/h1-5,9,14H,6-8,10,17H2,(H,18,22)(H,20,21)/t14-/m0/s1. The first kappa shape index (κ1) is 16.7. The Hall–Kier alpha value is -2.67. The van der Waals surface area contributed by atoms with E-state index in [2.05, 4.69) is 10.5 Å². The third-order valence-electron chi connectivity index (χ3n) is 3.27. The van der Waals surface area contributed by atoms with Gasteiger partial charge in [0.25, 0.3) is 0 Å². The van der Waals surface area contributed by atoms with E-state index in [-0.39, 0.29) is 18.9 Å². The van der Waals surface area contributed by atoms with Crippen LogP contribution in [0, 0.1) is 0 Å². The molecule has 0 aliphatic rings. The molecule has 0 unspecified atom stereocenters. The number of hydrogen-bond acceptors (Lipinski definition) is 5. The summed E-state index contributed by atoms with van der Waals surface area (Å²) < 4.78 is 5.05. The lowest BCUT2D eigenvalue weighted by molar-refractivity contribution is -0.137. The monoisotopic (exact) mass is 317 g/mol. The Labute approximate surface area is 133 Å². The van der Waals surface area contributed by atoms with Gasteiger partial charge >= 0.3 is 5.97 Å². The number of aromatic nitrogens is 1. The number of aliphatic carboxylic acids is 1. The minimum absolute atomic E-state index is 0.0136. The van der Waals surface area contributed by atoms with Crippen molar-refractivity contribution in [2.24, 2.45) is 5.73 Å². The second-order valence-corrected chi connectivity index (χ2v) is 5.19. The normalized spacial score (nSPS) is 11.9. The Kier molecular flexibility index (Phi) is 5.87. The second-order valence-electron chi connectivity index (χ2n) is 5.19. The number of carbonyl (C=O) groups excluding carboxylic acids is 1. The summed E-state index contributed by atoms with van der Waals surface area (Å²) >= 11 is 0. The van der Waals surface area contributed by atoms with Crippen LogP contribution in [-0.2, 0) is 29.0 Å². The van der Waals surface area contributed by atoms with Gasteiger partial charge in [0.1, 0.15) is 0 Å². The molecule has 7 nitrogen and oxygen atoms in total. The lowest BCUT2D eigenvalue weighted by Gasteiger charge is -2.11. The van der Waals surface area contributed by atoms with Crippen LogP contribution in [0.15, 0.2) is 40.9 Å². The molecule has 1 heterocycles. The molecule has 0 aliphatic heterocycles. The number of carboxylic acid groups (broad SMARTS) is 1. The average Bonchev–Trinajstić information content (AvgIpc) is 2.99. The number of nitrogens with one attached hydrogen (secondary N) is 1. The van der Waals surface area contributed by atoms with Gasteiger partial charge < -0.3 is 20.7 Å². The Morgan fingerprint density at radius 2 is 2.04 bits per heavy atom. The molecule has 2 rings (SSSR count). The van der Waals surface area contributed by atoms with E-state index >= 15 is 0 Å². The molecule has 7 heteroatoms. The van der Waals surface area contributed by atoms with Crippen LogP contribution in [0.1, 0.15) is 23.4 Å². The fraction of sp³-hybridized carbons (Fsp3) is 0.312. The molecule has 1 amide bonds. The first-order chi connectivity index (χ1) is 11.0. The molecule has 0 fully saturated rings. The summed E-state index contributed by atoms with van der Waals surface area (Å²) in [6.07, 6.45) is 0.730. The van der Waals surface area contributed by atoms with Crippen molar-refractivity contribution >= 4 is 11.9 Å². The number of nitrogens with two attached hydrogens (primary N) is 1. The molecule has 2 aromatic rings. The van der Waals surface area contributed by atoms with Crippen LogP contribution in [0.2, 0.25) is 0 Å². The van der Waals surface area contributed by atoms with Crippen LogP contribution in [0.5, 0.6) is 0 Å². The number of benzene rings is 1. The Bertz CT molecular complexity index is 654. The molecule has 1 aromatic carbocycles. The van der Waals surface area contributed by atoms with Crippen molar-refractivity contribution in [3.05, 3.63) is 53.4 Å². The van der Waals surface area contributed by atoms with Gasteiger partial charge in [0.15, 0.2) is 5.76 Å². The number of nitrogens with zero attached hydrogens (tertiary/aromatic N) is 1. The molecule has 0 saturated carbocycles. The van der Waals surface area contributed by atoms with Gasteiger partial charge in [0.05, 0.1) is 24.7 Å². The molecule has 23 heavy (non-hydrogen) atoms. The van der Waals surface area contributed by atoms with Crippen molar-refractivity contribution < 1.29 is 19.2 Å². The lowest BCUT2D eigenvalue weighted by atomic mass is 10.1. The maximum absolute atomic E-state index is 12.0. The lowest BCUT2D eigenvalue weighted by Crippen LogP contribution is -2.41. The van der Waals surface area contributed by atoms with Crippen LogP contribution < -0.4 is 11.1 Å². The largest absolute Gasteiger partial charge is 0.481 e. The molecule has 1 aromatic heterocycles. The first-order valence-corrected chi connectivity index (χ1v) is 7.28. The highest BCUT2D eigenvalue weighted by Crippen LogP contribution is 2.06. The number of hydrogen-bond donors (Lipinski definition) is 3. The zero-order chi connectivity index (χ0) is 16.7. The Morgan fingerprint density at radius 3 is 2.74 bits per heavy atom. The van der Waals surface area contributed by atoms with E-state index in [4.69, 9.17) is 15.4 Å². The van der Waals surface area contributed by atoms with Gasteiger partial charge in [0.2, 0.25) is 5.91 Å². The average molecular weight is 317 g/mol. The Balaban J connectivity index is 1.78. The molecule has 0 spiro atoms. The summed E-state index contributed by atoms with van der Waals surface area (Å²) in [6, 6.07) is 10.5. The van der Waals surface area contributed by atoms with Gasteiger partial charge in [0, 0.05) is 12.5 Å². The van der Waals surface area contributed by atoms with Crippen LogP contribution in [0.25, 0.3) is 0 Å². The van der Waals surface area contributed by atoms with Gasteiger partial charge in [-0.1, -0.05) is 35.5 Å². The maximum atomic E-state index is 12.0. The highest BCUT2D eigenvalue weighted by atomic mass is 16.5. The SMILES string of the molecule is N[C@@H](Cc1ccccc1)C(=O)NCc1cc(CCC(=O)O)no1. The van der Waals surface area contributed by atoms with Gasteiger partial charge in [-0.05, 0) is 12.0 Å². The summed E-state index contributed by atoms with van der Waals surface area (Å²) in [4.78, 5) is 22.5. The topological polar surface area (TPSA) is 118 Å². The fourth-order valence-corrected chi connectivity index (χ4v) is 2.06. The summed E-state index contributed by atoms with van der Waals surface area (Å²) in [5.74, 6) is -0.710. The summed E-state index contributed by atoms with van der Waals surface area (Å²) in [7, 11) is 0. The molecule has 0 radical (unpaired) electrons. The van der Waals surface area contributed by atoms with Crippen LogP contribution in [-0.4, -0.2) is 28.2 Å². The second kappa shape index (κ2) is 8.09. The molecular weight excluding hydrogens is 298 g/mol. The highest BCUT2D eigenvalue weighted by Gasteiger charge is 2.15. The fourth-order valence-electron chi connectivity index (χ4n) is 2.06. The third kappa shape index (κ3) is 5.55. The van der Waals surface area contributed by atoms with E-state index in [1.165, 1.54) is 0 Å². The predicted octanol–water partition coefficient (Wildman–Crippen LogP) is 0.878. The van der Waals surface area contributed by atoms with E-state index in [0.29, 0.717) is 24.3 Å². The smallest absolute Gasteiger partial charge is 0.303 e. The van der Waals surface area contributed by atoms with Crippen molar-refractivity contribution in [2.75, 3.05) is 0 Å². The van der Waals surface area contributed by atoms with E-state index in [1.807, 2.05) is 30.3 Å². The van der Waals surface area contributed by atoms with E-state index in [9.17, 15) is 9.59 Å². The number of carbonyl (C=O) groups is 2. The molecule has 0 aliphatic carbocycles. The number of aryl methyl sites for hydroxylation is 1. The number of amides is 1. The van der Waals surface area contributed by atoms with Crippen molar-refractivity contribution in [3.63, 3.8) is 0 Å². The predicted molar refractivity (Wildman–Crippen MR) is 82.4 cm³/mol. The van der Waals surface area contributed by atoms with Crippen LogP contribution in [0.4, 0.5) is 0 Å². The molecule has 1 atom stereocenters. The van der Waals surface area contributed by atoms with Crippen molar-refractivity contribution in [3.8, 4) is 0 Å². The minimum Gasteiger partial charge on any atom is -0.481 e. The summed E-state index contributed by atoms with van der Waals surface area (Å²) in [6.45, 7) is 0.168. The number of carboxylic acids is 1. The molecule has 0 saturated heterocycles. The van der Waals surface area contributed by atoms with Crippen LogP contribution in [0.3, 0.4) is 0 Å². The van der Waals surface area contributed by atoms with Crippen molar-refractivity contribution in [2.45, 2.75) is 31.8 Å². The van der Waals surface area contributed by atoms with Gasteiger partial charge in [-0.15, -0.1) is 0 Å². The maximum Gasteiger partial charge on any atom is 0.303 e. The van der Waals surface area contributed by atoms with E-state index < -0.39 is 12.0 Å². The van der Waals surface area contributed by atoms with E-state index in [0.717, 1.165) is 5.56 Å². The summed E-state index contributed by atoms with van der Waals surface area (Å²) in [5.41, 5.74) is 7.41. The first-order valence-electron chi connectivity index (χ1n) is 7.28. The molecular formula is C16H19N3O4. The van der Waals surface area contributed by atoms with E-state index in [1.54, 1.807) is 6.07 Å². The number of rotatable bonds is 8. The van der Waals surface area contributed by atoms with Gasteiger partial charge in [-0.25, -0.2) is 0 Å². The third-order valence-corrected chi connectivity index (χ3v) is 3.27. The van der Waals surface area contributed by atoms with Crippen molar-refractivity contribution in [1.29, 1.82) is 0 Å². The van der Waals surface area contributed by atoms with Crippen molar-refractivity contribution in [1.82, 2.24) is 10.5 Å². The zero-order valence-corrected chi connectivity index (χ0v) is 12.6. The highest BCUT2D eigenvalue weighted by molar-refractivity contribution is 5.81. The quantitative estimate of drug-likeness (QED) is 0.665. The molecule has 122 valence electrons. The molecule has 4 N–H and O–H groups in total. The minimum atomic E-state index is -0.894. The Morgan fingerprint density at radius 1 is 1.30 bits per heavy atom. The molecule has 0 bridgehead atoms. The summed E-state index contributed by atoms with van der Waals surface area (Å²) in [5, 5.41) is 15.1. The van der Waals surface area contributed by atoms with Gasteiger partial charge in [-0.3, -0.25) is 9.59 Å². The van der Waals surface area contributed by atoms with Gasteiger partial charge in [-0.2, -0.15) is 0 Å².